The summed E-state index contributed by atoms with van der Waals surface area (Å²) in [6.07, 6.45) is 7.35. The van der Waals surface area contributed by atoms with Gasteiger partial charge in [-0.05, 0) is 50.4 Å². The molecule has 2 rings (SSSR count). The van der Waals surface area contributed by atoms with Crippen LogP contribution in [-0.2, 0) is 6.42 Å². The number of benzene rings is 1. The first-order chi connectivity index (χ1) is 10.1. The van der Waals surface area contributed by atoms with Crippen molar-refractivity contribution in [1.29, 1.82) is 0 Å². The van der Waals surface area contributed by atoms with Gasteiger partial charge in [-0.1, -0.05) is 45.2 Å². The highest BCUT2D eigenvalue weighted by Crippen LogP contribution is 2.36. The predicted molar refractivity (Wildman–Crippen MR) is 90.0 cm³/mol. The second-order valence-corrected chi connectivity index (χ2v) is 6.91. The van der Waals surface area contributed by atoms with Crippen LogP contribution < -0.4 is 10.1 Å². The zero-order valence-corrected chi connectivity index (χ0v) is 14.2. The van der Waals surface area contributed by atoms with Gasteiger partial charge in [-0.2, -0.15) is 0 Å². The van der Waals surface area contributed by atoms with E-state index in [1.54, 1.807) is 0 Å². The summed E-state index contributed by atoms with van der Waals surface area (Å²) >= 11 is 0. The van der Waals surface area contributed by atoms with Crippen molar-refractivity contribution in [2.24, 2.45) is 0 Å². The van der Waals surface area contributed by atoms with E-state index < -0.39 is 0 Å². The maximum atomic E-state index is 5.99. The molecule has 1 aromatic rings. The quantitative estimate of drug-likeness (QED) is 0.678. The molecule has 118 valence electrons. The van der Waals surface area contributed by atoms with Crippen LogP contribution in [0.4, 0.5) is 0 Å². The normalized spacial score (nSPS) is 17.3. The molecule has 0 bridgehead atoms. The van der Waals surface area contributed by atoms with Crippen molar-refractivity contribution in [1.82, 2.24) is 5.32 Å². The van der Waals surface area contributed by atoms with E-state index in [0.29, 0.717) is 6.04 Å². The van der Waals surface area contributed by atoms with Crippen molar-refractivity contribution >= 4 is 0 Å². The molecule has 0 fully saturated rings. The Kier molecular flexibility index (Phi) is 5.69. The minimum absolute atomic E-state index is 0.0461. The second kappa shape index (κ2) is 7.31. The number of rotatable bonds is 8. The lowest BCUT2D eigenvalue weighted by Crippen LogP contribution is -2.24. The van der Waals surface area contributed by atoms with Crippen LogP contribution in [0.15, 0.2) is 18.2 Å². The van der Waals surface area contributed by atoms with Crippen molar-refractivity contribution in [3.8, 4) is 5.75 Å². The van der Waals surface area contributed by atoms with E-state index in [1.807, 2.05) is 0 Å². The molecule has 2 nitrogen and oxygen atoms in total. The Morgan fingerprint density at radius 3 is 2.71 bits per heavy atom. The summed E-state index contributed by atoms with van der Waals surface area (Å²) in [5, 5.41) is 3.72. The third-order valence-electron chi connectivity index (χ3n) is 4.23. The van der Waals surface area contributed by atoms with Crippen LogP contribution in [0.2, 0.25) is 0 Å². The van der Waals surface area contributed by atoms with Crippen LogP contribution >= 0.6 is 0 Å². The van der Waals surface area contributed by atoms with Gasteiger partial charge in [0.1, 0.15) is 11.4 Å². The SMILES string of the molecule is CCCCCC(NCCC)c1ccc2c(c1)CC(C)(C)O2. The molecular weight excluding hydrogens is 258 g/mol. The van der Waals surface area contributed by atoms with Gasteiger partial charge in [0, 0.05) is 12.5 Å². The van der Waals surface area contributed by atoms with Crippen LogP contribution in [0.3, 0.4) is 0 Å². The van der Waals surface area contributed by atoms with Gasteiger partial charge in [0.25, 0.3) is 0 Å². The van der Waals surface area contributed by atoms with Crippen LogP contribution in [0.5, 0.6) is 5.75 Å². The van der Waals surface area contributed by atoms with Gasteiger partial charge in [-0.3, -0.25) is 0 Å². The van der Waals surface area contributed by atoms with Gasteiger partial charge < -0.3 is 10.1 Å². The zero-order chi connectivity index (χ0) is 15.3. The Morgan fingerprint density at radius 2 is 2.00 bits per heavy atom. The number of unbranched alkanes of at least 4 members (excludes halogenated alkanes) is 2. The monoisotopic (exact) mass is 289 g/mol. The Balaban J connectivity index is 2.09. The lowest BCUT2D eigenvalue weighted by molar-refractivity contribution is 0.138. The molecule has 0 saturated heterocycles. The highest BCUT2D eigenvalue weighted by molar-refractivity contribution is 5.42. The molecule has 1 aliphatic heterocycles. The standard InChI is InChI=1S/C19H31NO/c1-5-7-8-9-17(20-12-6-2)15-10-11-18-16(13-15)14-19(3,4)21-18/h10-11,13,17,20H,5-9,12,14H2,1-4H3. The van der Waals surface area contributed by atoms with Crippen LogP contribution in [-0.4, -0.2) is 12.1 Å². The molecule has 1 aromatic carbocycles. The van der Waals surface area contributed by atoms with E-state index in [2.05, 4.69) is 51.2 Å². The van der Waals surface area contributed by atoms with E-state index >= 15 is 0 Å². The molecule has 1 heterocycles. The smallest absolute Gasteiger partial charge is 0.123 e. The lowest BCUT2D eigenvalue weighted by atomic mass is 9.95. The van der Waals surface area contributed by atoms with Crippen molar-refractivity contribution in [2.75, 3.05) is 6.54 Å². The van der Waals surface area contributed by atoms with Gasteiger partial charge in [0.15, 0.2) is 0 Å². The first-order valence-electron chi connectivity index (χ1n) is 8.61. The number of ether oxygens (including phenoxy) is 1. The molecule has 0 amide bonds. The molecule has 0 radical (unpaired) electrons. The fourth-order valence-electron chi connectivity index (χ4n) is 3.15. The van der Waals surface area contributed by atoms with Gasteiger partial charge >= 0.3 is 0 Å². The summed E-state index contributed by atoms with van der Waals surface area (Å²) < 4.78 is 5.99. The van der Waals surface area contributed by atoms with Gasteiger partial charge in [-0.25, -0.2) is 0 Å². The number of nitrogens with one attached hydrogen (secondary N) is 1. The summed E-state index contributed by atoms with van der Waals surface area (Å²) in [5.74, 6) is 1.08. The molecule has 2 heteroatoms. The minimum atomic E-state index is -0.0461. The van der Waals surface area contributed by atoms with E-state index in [9.17, 15) is 0 Å². The number of hydrogen-bond acceptors (Lipinski definition) is 2. The molecule has 0 aromatic heterocycles. The minimum Gasteiger partial charge on any atom is -0.487 e. The largest absolute Gasteiger partial charge is 0.487 e. The molecule has 0 saturated carbocycles. The van der Waals surface area contributed by atoms with Crippen molar-refractivity contribution in [2.45, 2.75) is 77.9 Å². The third kappa shape index (κ3) is 4.47. The third-order valence-corrected chi connectivity index (χ3v) is 4.23. The fraction of sp³-hybridized carbons (Fsp3) is 0.684. The summed E-state index contributed by atoms with van der Waals surface area (Å²) in [4.78, 5) is 0. The summed E-state index contributed by atoms with van der Waals surface area (Å²) in [6, 6.07) is 7.27. The van der Waals surface area contributed by atoms with Crippen LogP contribution in [0, 0.1) is 0 Å². The van der Waals surface area contributed by atoms with E-state index in [0.717, 1.165) is 18.7 Å². The van der Waals surface area contributed by atoms with Crippen molar-refractivity contribution in [3.63, 3.8) is 0 Å². The summed E-state index contributed by atoms with van der Waals surface area (Å²) in [5.41, 5.74) is 2.76. The maximum Gasteiger partial charge on any atom is 0.123 e. The van der Waals surface area contributed by atoms with E-state index in [4.69, 9.17) is 4.74 Å². The highest BCUT2D eigenvalue weighted by atomic mass is 16.5. The molecule has 1 atom stereocenters. The molecule has 0 aliphatic carbocycles. The van der Waals surface area contributed by atoms with E-state index in [1.165, 1.54) is 43.2 Å². The highest BCUT2D eigenvalue weighted by Gasteiger charge is 2.30. The van der Waals surface area contributed by atoms with Gasteiger partial charge in [0.05, 0.1) is 0 Å². The Labute approximate surface area is 130 Å². The Bertz CT molecular complexity index is 453. The molecule has 21 heavy (non-hydrogen) atoms. The molecule has 1 N–H and O–H groups in total. The van der Waals surface area contributed by atoms with Crippen molar-refractivity contribution < 1.29 is 4.74 Å². The summed E-state index contributed by atoms with van der Waals surface area (Å²) in [6.45, 7) is 9.93. The maximum absolute atomic E-state index is 5.99. The Morgan fingerprint density at radius 1 is 1.19 bits per heavy atom. The second-order valence-electron chi connectivity index (χ2n) is 6.91. The first-order valence-corrected chi connectivity index (χ1v) is 8.61. The Hall–Kier alpha value is -1.02. The topological polar surface area (TPSA) is 21.3 Å². The molecular formula is C19H31NO. The number of fused-ring (bicyclic) bond motifs is 1. The number of hydrogen-bond donors (Lipinski definition) is 1. The predicted octanol–water partition coefficient (Wildman–Crippen LogP) is 5.02. The van der Waals surface area contributed by atoms with Gasteiger partial charge in [-0.15, -0.1) is 0 Å². The summed E-state index contributed by atoms with van der Waals surface area (Å²) in [7, 11) is 0. The van der Waals surface area contributed by atoms with Gasteiger partial charge in [0.2, 0.25) is 0 Å². The molecule has 0 spiro atoms. The van der Waals surface area contributed by atoms with E-state index in [-0.39, 0.29) is 5.60 Å². The van der Waals surface area contributed by atoms with Crippen LogP contribution in [0.25, 0.3) is 0 Å². The lowest BCUT2D eigenvalue weighted by Gasteiger charge is -2.19. The average molecular weight is 289 g/mol. The average Bonchev–Trinajstić information content (AvgIpc) is 2.75. The van der Waals surface area contributed by atoms with Crippen LogP contribution in [0.1, 0.15) is 77.0 Å². The first kappa shape index (κ1) is 16.4. The zero-order valence-electron chi connectivity index (χ0n) is 14.2. The van der Waals surface area contributed by atoms with Crippen molar-refractivity contribution in [3.05, 3.63) is 29.3 Å². The molecule has 1 aliphatic rings. The fourth-order valence-corrected chi connectivity index (χ4v) is 3.15. The molecule has 1 unspecified atom stereocenters.